The molecule has 4 rings (SSSR count). The number of benzene rings is 2. The Labute approximate surface area is 155 Å². The van der Waals surface area contributed by atoms with Gasteiger partial charge >= 0.3 is 0 Å². The highest BCUT2D eigenvalue weighted by atomic mass is 35.5. The van der Waals surface area contributed by atoms with Crippen molar-refractivity contribution in [3.8, 4) is 11.5 Å². The van der Waals surface area contributed by atoms with Crippen LogP contribution in [0.5, 0.6) is 0 Å². The second-order valence-electron chi connectivity index (χ2n) is 5.86. The van der Waals surface area contributed by atoms with Gasteiger partial charge in [-0.05, 0) is 42.7 Å². The van der Waals surface area contributed by atoms with Gasteiger partial charge in [0, 0.05) is 17.8 Å². The number of oxazole rings is 1. The minimum absolute atomic E-state index is 0.165. The van der Waals surface area contributed by atoms with Crippen LogP contribution in [0.2, 0.25) is 10.0 Å². The molecular formula is C19H14Cl2N2O2. The number of carbonyl (C=O) groups excluding carboxylic acids is 1. The highest BCUT2D eigenvalue weighted by Crippen LogP contribution is 2.30. The zero-order valence-corrected chi connectivity index (χ0v) is 14.7. The summed E-state index contributed by atoms with van der Waals surface area (Å²) in [5.41, 5.74) is 3.07. The molecule has 126 valence electrons. The normalized spacial score (nSPS) is 13.6. The fraction of sp³-hybridized carbons (Fsp3) is 0.158. The highest BCUT2D eigenvalue weighted by molar-refractivity contribution is 6.42. The summed E-state index contributed by atoms with van der Waals surface area (Å²) in [4.78, 5) is 19.0. The molecule has 0 N–H and O–H groups in total. The number of aromatic nitrogens is 1. The average Bonchev–Trinajstić information content (AvgIpc) is 3.13. The Kier molecular flexibility index (Phi) is 4.24. The number of amides is 1. The summed E-state index contributed by atoms with van der Waals surface area (Å²) in [5, 5.41) is 0.869. The molecule has 1 aromatic heterocycles. The number of carbonyl (C=O) groups is 1. The standard InChI is InChI=1S/C19H14Cl2N2O2/c20-14-8-7-13(10-15(14)21)18-22-16(11-25-18)19(24)23-9-3-5-12-4-1-2-6-17(12)23/h1-2,4,6-8,10-11H,3,5,9H2. The molecule has 0 saturated heterocycles. The van der Waals surface area contributed by atoms with Crippen LogP contribution in [0.15, 0.2) is 53.1 Å². The van der Waals surface area contributed by atoms with Crippen molar-refractivity contribution in [1.82, 2.24) is 4.98 Å². The third kappa shape index (κ3) is 3.03. The molecular weight excluding hydrogens is 359 g/mol. The summed E-state index contributed by atoms with van der Waals surface area (Å²) in [5.74, 6) is 0.175. The molecule has 4 nitrogen and oxygen atoms in total. The summed E-state index contributed by atoms with van der Waals surface area (Å²) in [6.07, 6.45) is 3.30. The molecule has 0 saturated carbocycles. The van der Waals surface area contributed by atoms with Crippen LogP contribution in [0.4, 0.5) is 5.69 Å². The van der Waals surface area contributed by atoms with Gasteiger partial charge in [-0.25, -0.2) is 4.98 Å². The van der Waals surface area contributed by atoms with E-state index in [0.29, 0.717) is 28.0 Å². The van der Waals surface area contributed by atoms with Gasteiger partial charge in [-0.3, -0.25) is 4.79 Å². The molecule has 0 aliphatic carbocycles. The SMILES string of the molecule is O=C(c1coc(-c2ccc(Cl)c(Cl)c2)n1)N1CCCc2ccccc21. The lowest BCUT2D eigenvalue weighted by Gasteiger charge is -2.28. The lowest BCUT2D eigenvalue weighted by atomic mass is 10.0. The number of nitrogens with zero attached hydrogens (tertiary/aromatic N) is 2. The highest BCUT2D eigenvalue weighted by Gasteiger charge is 2.25. The average molecular weight is 373 g/mol. The zero-order chi connectivity index (χ0) is 17.4. The van der Waals surface area contributed by atoms with Gasteiger partial charge in [-0.15, -0.1) is 0 Å². The van der Waals surface area contributed by atoms with Crippen LogP contribution in [0, 0.1) is 0 Å². The van der Waals surface area contributed by atoms with Crippen LogP contribution >= 0.6 is 23.2 Å². The molecule has 2 aromatic carbocycles. The van der Waals surface area contributed by atoms with Crippen molar-refractivity contribution in [1.29, 1.82) is 0 Å². The van der Waals surface area contributed by atoms with Crippen LogP contribution < -0.4 is 4.90 Å². The molecule has 0 spiro atoms. The van der Waals surface area contributed by atoms with E-state index < -0.39 is 0 Å². The molecule has 1 aliphatic rings. The maximum Gasteiger partial charge on any atom is 0.280 e. The van der Waals surface area contributed by atoms with Crippen LogP contribution in [0.25, 0.3) is 11.5 Å². The predicted octanol–water partition coefficient (Wildman–Crippen LogP) is 5.24. The van der Waals surface area contributed by atoms with E-state index >= 15 is 0 Å². The largest absolute Gasteiger partial charge is 0.444 e. The van der Waals surface area contributed by atoms with Crippen LogP contribution in [0.1, 0.15) is 22.5 Å². The second-order valence-corrected chi connectivity index (χ2v) is 6.67. The van der Waals surface area contributed by atoms with Gasteiger partial charge in [0.25, 0.3) is 5.91 Å². The van der Waals surface area contributed by atoms with E-state index in [9.17, 15) is 4.79 Å². The van der Waals surface area contributed by atoms with E-state index in [4.69, 9.17) is 27.6 Å². The lowest BCUT2D eigenvalue weighted by molar-refractivity contribution is 0.0980. The van der Waals surface area contributed by atoms with Gasteiger partial charge in [-0.2, -0.15) is 0 Å². The maximum absolute atomic E-state index is 12.9. The first kappa shape index (κ1) is 16.2. The molecule has 0 bridgehead atoms. The minimum atomic E-state index is -0.165. The second kappa shape index (κ2) is 6.54. The Balaban J connectivity index is 1.64. The first-order chi connectivity index (χ1) is 12.1. The monoisotopic (exact) mass is 372 g/mol. The number of hydrogen-bond acceptors (Lipinski definition) is 3. The fourth-order valence-corrected chi connectivity index (χ4v) is 3.31. The van der Waals surface area contributed by atoms with Crippen molar-refractivity contribution >= 4 is 34.8 Å². The molecule has 1 aliphatic heterocycles. The van der Waals surface area contributed by atoms with Crippen molar-refractivity contribution in [2.24, 2.45) is 0 Å². The van der Waals surface area contributed by atoms with Gasteiger partial charge in [0.05, 0.1) is 10.0 Å². The summed E-state index contributed by atoms with van der Waals surface area (Å²) < 4.78 is 5.49. The number of anilines is 1. The summed E-state index contributed by atoms with van der Waals surface area (Å²) in [6.45, 7) is 0.671. The minimum Gasteiger partial charge on any atom is -0.444 e. The van der Waals surface area contributed by atoms with E-state index in [1.807, 2.05) is 18.2 Å². The van der Waals surface area contributed by atoms with Crippen molar-refractivity contribution in [3.63, 3.8) is 0 Å². The quantitative estimate of drug-likeness (QED) is 0.617. The summed E-state index contributed by atoms with van der Waals surface area (Å²) in [7, 11) is 0. The number of aryl methyl sites for hydroxylation is 1. The first-order valence-corrected chi connectivity index (χ1v) is 8.70. The van der Waals surface area contributed by atoms with E-state index in [2.05, 4.69) is 11.1 Å². The maximum atomic E-state index is 12.9. The van der Waals surface area contributed by atoms with E-state index in [-0.39, 0.29) is 11.6 Å². The summed E-state index contributed by atoms with van der Waals surface area (Å²) >= 11 is 12.0. The van der Waals surface area contributed by atoms with E-state index in [1.165, 1.54) is 11.8 Å². The first-order valence-electron chi connectivity index (χ1n) is 7.94. The zero-order valence-electron chi connectivity index (χ0n) is 13.2. The third-order valence-electron chi connectivity index (χ3n) is 4.25. The predicted molar refractivity (Wildman–Crippen MR) is 98.4 cm³/mol. The van der Waals surface area contributed by atoms with Crippen molar-refractivity contribution < 1.29 is 9.21 Å². The number of halogens is 2. The number of para-hydroxylation sites is 1. The van der Waals surface area contributed by atoms with E-state index in [1.54, 1.807) is 23.1 Å². The molecule has 6 heteroatoms. The number of hydrogen-bond donors (Lipinski definition) is 0. The van der Waals surface area contributed by atoms with Crippen LogP contribution in [0.3, 0.4) is 0 Å². The van der Waals surface area contributed by atoms with Gasteiger partial charge in [-0.1, -0.05) is 41.4 Å². The molecule has 0 atom stereocenters. The Hall–Kier alpha value is -2.30. The summed E-state index contributed by atoms with van der Waals surface area (Å²) in [6, 6.07) is 13.0. The molecule has 0 fully saturated rings. The Bertz CT molecular complexity index is 952. The van der Waals surface area contributed by atoms with Gasteiger partial charge in [0.2, 0.25) is 5.89 Å². The fourth-order valence-electron chi connectivity index (χ4n) is 3.02. The number of fused-ring (bicyclic) bond motifs is 1. The van der Waals surface area contributed by atoms with Crippen LogP contribution in [-0.2, 0) is 6.42 Å². The Morgan fingerprint density at radius 2 is 1.96 bits per heavy atom. The van der Waals surface area contributed by atoms with E-state index in [0.717, 1.165) is 18.5 Å². The Morgan fingerprint density at radius 3 is 2.80 bits per heavy atom. The molecule has 0 unspecified atom stereocenters. The topological polar surface area (TPSA) is 46.3 Å². The van der Waals surface area contributed by atoms with Crippen LogP contribution in [-0.4, -0.2) is 17.4 Å². The Morgan fingerprint density at radius 1 is 1.12 bits per heavy atom. The molecule has 2 heterocycles. The molecule has 0 radical (unpaired) electrons. The van der Waals surface area contributed by atoms with Crippen molar-refractivity contribution in [3.05, 3.63) is 70.0 Å². The number of rotatable bonds is 2. The van der Waals surface area contributed by atoms with Crippen molar-refractivity contribution in [2.45, 2.75) is 12.8 Å². The molecule has 3 aromatic rings. The van der Waals surface area contributed by atoms with Gasteiger partial charge in [0.15, 0.2) is 5.69 Å². The smallest absolute Gasteiger partial charge is 0.280 e. The van der Waals surface area contributed by atoms with Gasteiger partial charge < -0.3 is 9.32 Å². The molecule has 1 amide bonds. The van der Waals surface area contributed by atoms with Gasteiger partial charge in [0.1, 0.15) is 6.26 Å². The van der Waals surface area contributed by atoms with Crippen molar-refractivity contribution in [2.75, 3.05) is 11.4 Å². The third-order valence-corrected chi connectivity index (χ3v) is 4.98. The molecule has 25 heavy (non-hydrogen) atoms. The lowest BCUT2D eigenvalue weighted by Crippen LogP contribution is -2.35.